The molecule has 0 saturated carbocycles. The fourth-order valence-corrected chi connectivity index (χ4v) is 2.34. The first-order chi connectivity index (χ1) is 12.3. The quantitative estimate of drug-likeness (QED) is 0.469. The zero-order valence-corrected chi connectivity index (χ0v) is 14.7. The summed E-state index contributed by atoms with van der Waals surface area (Å²) in [4.78, 5) is 34.2. The van der Waals surface area contributed by atoms with E-state index in [1.54, 1.807) is 12.1 Å². The Morgan fingerprint density at radius 1 is 1.23 bits per heavy atom. The molecule has 0 spiro atoms. The van der Waals surface area contributed by atoms with Crippen LogP contribution in [0.1, 0.15) is 15.9 Å². The minimum absolute atomic E-state index is 0.104. The van der Waals surface area contributed by atoms with Crippen molar-refractivity contribution in [2.24, 2.45) is 0 Å². The summed E-state index contributed by atoms with van der Waals surface area (Å²) in [5.41, 5.74) is 0.665. The molecule has 9 heteroatoms. The molecule has 1 amide bonds. The number of amides is 1. The number of ether oxygens (including phenoxy) is 2. The number of carbonyl (C=O) groups excluding carboxylic acids is 2. The number of methoxy groups -OCH3 is 1. The standard InChI is InChI=1S/C17H15ClN2O6/c1-10-7-11(3-5-14(10)20(23)24)17(22)26-9-16(21)19-13-8-12(18)4-6-15(13)25-2/h3-8H,9H2,1-2H3,(H,19,21). The van der Waals surface area contributed by atoms with Gasteiger partial charge in [0.2, 0.25) is 0 Å². The normalized spacial score (nSPS) is 10.1. The maximum absolute atomic E-state index is 12.0. The average molecular weight is 379 g/mol. The summed E-state index contributed by atoms with van der Waals surface area (Å²) in [5, 5.41) is 13.7. The van der Waals surface area contributed by atoms with Crippen molar-refractivity contribution in [3.05, 3.63) is 62.7 Å². The van der Waals surface area contributed by atoms with E-state index in [2.05, 4.69) is 5.32 Å². The second-order valence-corrected chi connectivity index (χ2v) is 5.66. The highest BCUT2D eigenvalue weighted by Crippen LogP contribution is 2.27. The third-order valence-electron chi connectivity index (χ3n) is 3.40. The first-order valence-electron chi connectivity index (χ1n) is 7.37. The smallest absolute Gasteiger partial charge is 0.338 e. The molecule has 0 aliphatic carbocycles. The number of carbonyl (C=O) groups is 2. The Morgan fingerprint density at radius 2 is 1.96 bits per heavy atom. The van der Waals surface area contributed by atoms with E-state index >= 15 is 0 Å². The third kappa shape index (κ3) is 4.70. The Balaban J connectivity index is 1.99. The van der Waals surface area contributed by atoms with Gasteiger partial charge in [-0.2, -0.15) is 0 Å². The van der Waals surface area contributed by atoms with E-state index in [-0.39, 0.29) is 11.3 Å². The van der Waals surface area contributed by atoms with Gasteiger partial charge in [-0.1, -0.05) is 11.6 Å². The number of nitrogens with zero attached hydrogens (tertiary/aromatic N) is 1. The fourth-order valence-electron chi connectivity index (χ4n) is 2.17. The van der Waals surface area contributed by atoms with Crippen molar-refractivity contribution in [1.29, 1.82) is 0 Å². The number of rotatable bonds is 6. The molecule has 0 atom stereocenters. The molecule has 2 rings (SSSR count). The lowest BCUT2D eigenvalue weighted by atomic mass is 10.1. The molecule has 2 aromatic carbocycles. The molecule has 0 heterocycles. The van der Waals surface area contributed by atoms with Crippen molar-refractivity contribution in [3.63, 3.8) is 0 Å². The lowest BCUT2D eigenvalue weighted by Gasteiger charge is -2.11. The SMILES string of the molecule is COc1ccc(Cl)cc1NC(=O)COC(=O)c1ccc([N+](=O)[O-])c(C)c1. The molecule has 8 nitrogen and oxygen atoms in total. The Labute approximate surface area is 153 Å². The van der Waals surface area contributed by atoms with Crippen molar-refractivity contribution in [3.8, 4) is 5.75 Å². The number of halogens is 1. The third-order valence-corrected chi connectivity index (χ3v) is 3.63. The van der Waals surface area contributed by atoms with Crippen LogP contribution in [0.2, 0.25) is 5.02 Å². The van der Waals surface area contributed by atoms with Crippen LogP contribution in [0, 0.1) is 17.0 Å². The minimum atomic E-state index is -0.767. The molecular formula is C17H15ClN2O6. The monoisotopic (exact) mass is 378 g/mol. The van der Waals surface area contributed by atoms with Crippen molar-refractivity contribution in [2.75, 3.05) is 19.0 Å². The Bertz CT molecular complexity index is 868. The van der Waals surface area contributed by atoms with E-state index in [4.69, 9.17) is 21.1 Å². The largest absolute Gasteiger partial charge is 0.495 e. The minimum Gasteiger partial charge on any atom is -0.495 e. The number of esters is 1. The van der Waals surface area contributed by atoms with Gasteiger partial charge in [0.05, 0.1) is 23.3 Å². The van der Waals surface area contributed by atoms with Gasteiger partial charge < -0.3 is 14.8 Å². The number of hydrogen-bond donors (Lipinski definition) is 1. The van der Waals surface area contributed by atoms with Crippen molar-refractivity contribution in [1.82, 2.24) is 0 Å². The first kappa shape index (κ1) is 19.2. The van der Waals surface area contributed by atoms with Crippen LogP contribution in [-0.2, 0) is 9.53 Å². The summed E-state index contributed by atoms with van der Waals surface area (Å²) in [6.45, 7) is 0.970. The topological polar surface area (TPSA) is 108 Å². The van der Waals surface area contributed by atoms with Crippen LogP contribution in [0.4, 0.5) is 11.4 Å². The van der Waals surface area contributed by atoms with Gasteiger partial charge >= 0.3 is 5.97 Å². The molecule has 136 valence electrons. The number of nitro groups is 1. The number of anilines is 1. The average Bonchev–Trinajstić information content (AvgIpc) is 2.59. The maximum Gasteiger partial charge on any atom is 0.338 e. The molecule has 0 saturated heterocycles. The molecule has 26 heavy (non-hydrogen) atoms. The Kier molecular flexibility index (Phi) is 6.13. The van der Waals surface area contributed by atoms with Gasteiger partial charge in [0.15, 0.2) is 6.61 Å². The molecule has 0 radical (unpaired) electrons. The lowest BCUT2D eigenvalue weighted by molar-refractivity contribution is -0.385. The van der Waals surface area contributed by atoms with Crippen molar-refractivity contribution < 1.29 is 24.0 Å². The van der Waals surface area contributed by atoms with Crippen LogP contribution in [0.3, 0.4) is 0 Å². The van der Waals surface area contributed by atoms with Gasteiger partial charge in [-0.3, -0.25) is 14.9 Å². The van der Waals surface area contributed by atoms with Crippen LogP contribution in [-0.4, -0.2) is 30.5 Å². The van der Waals surface area contributed by atoms with Crippen molar-refractivity contribution >= 4 is 34.9 Å². The van der Waals surface area contributed by atoms with E-state index in [1.165, 1.54) is 38.3 Å². The molecule has 1 N–H and O–H groups in total. The van der Waals surface area contributed by atoms with E-state index in [0.717, 1.165) is 0 Å². The molecule has 0 bridgehead atoms. The molecule has 0 aromatic heterocycles. The fraction of sp³-hybridized carbons (Fsp3) is 0.176. The van der Waals surface area contributed by atoms with Crippen LogP contribution in [0.5, 0.6) is 5.75 Å². The van der Waals surface area contributed by atoms with Crippen molar-refractivity contribution in [2.45, 2.75) is 6.92 Å². The first-order valence-corrected chi connectivity index (χ1v) is 7.75. The summed E-state index contributed by atoms with van der Waals surface area (Å²) < 4.78 is 10.0. The summed E-state index contributed by atoms with van der Waals surface area (Å²) >= 11 is 5.87. The maximum atomic E-state index is 12.0. The zero-order chi connectivity index (χ0) is 19.3. The second kappa shape index (κ2) is 8.30. The molecule has 0 fully saturated rings. The number of hydrogen-bond acceptors (Lipinski definition) is 6. The van der Waals surface area contributed by atoms with E-state index in [1.807, 2.05) is 0 Å². The van der Waals surface area contributed by atoms with Gasteiger partial charge in [0, 0.05) is 16.7 Å². The van der Waals surface area contributed by atoms with Gasteiger partial charge in [-0.05, 0) is 37.3 Å². The molecule has 0 aliphatic heterocycles. The summed E-state index contributed by atoms with van der Waals surface area (Å²) in [6.07, 6.45) is 0. The Morgan fingerprint density at radius 3 is 2.58 bits per heavy atom. The van der Waals surface area contributed by atoms with Gasteiger partial charge in [-0.15, -0.1) is 0 Å². The lowest BCUT2D eigenvalue weighted by Crippen LogP contribution is -2.21. The van der Waals surface area contributed by atoms with Gasteiger partial charge in [-0.25, -0.2) is 4.79 Å². The van der Waals surface area contributed by atoms with Crippen LogP contribution in [0.15, 0.2) is 36.4 Å². The molecule has 2 aromatic rings. The number of nitro benzene ring substituents is 1. The van der Waals surface area contributed by atoms with Crippen LogP contribution in [0.25, 0.3) is 0 Å². The summed E-state index contributed by atoms with van der Waals surface area (Å²) in [6, 6.07) is 8.50. The van der Waals surface area contributed by atoms with Crippen LogP contribution >= 0.6 is 11.6 Å². The number of nitrogens with one attached hydrogen (secondary N) is 1. The Hall–Kier alpha value is -3.13. The van der Waals surface area contributed by atoms with E-state index in [0.29, 0.717) is 22.0 Å². The highest BCUT2D eigenvalue weighted by molar-refractivity contribution is 6.31. The highest BCUT2D eigenvalue weighted by atomic mass is 35.5. The summed E-state index contributed by atoms with van der Waals surface area (Å²) in [7, 11) is 1.44. The van der Waals surface area contributed by atoms with Gasteiger partial charge in [0.25, 0.3) is 11.6 Å². The zero-order valence-electron chi connectivity index (χ0n) is 13.9. The number of benzene rings is 2. The summed E-state index contributed by atoms with van der Waals surface area (Å²) in [5.74, 6) is -0.950. The van der Waals surface area contributed by atoms with Gasteiger partial charge in [0.1, 0.15) is 5.75 Å². The predicted octanol–water partition coefficient (Wildman–Crippen LogP) is 3.36. The van der Waals surface area contributed by atoms with E-state index in [9.17, 15) is 19.7 Å². The number of aryl methyl sites for hydroxylation is 1. The predicted molar refractivity (Wildman–Crippen MR) is 94.7 cm³/mol. The highest BCUT2D eigenvalue weighted by Gasteiger charge is 2.16. The molecule has 0 unspecified atom stereocenters. The molecular weight excluding hydrogens is 364 g/mol. The second-order valence-electron chi connectivity index (χ2n) is 5.23. The van der Waals surface area contributed by atoms with Crippen LogP contribution < -0.4 is 10.1 Å². The molecule has 0 aliphatic rings. The van der Waals surface area contributed by atoms with E-state index < -0.39 is 23.4 Å².